The Morgan fingerprint density at radius 3 is 2.52 bits per heavy atom. The average molecular weight is 351 g/mol. The first kappa shape index (κ1) is 17.3. The van der Waals surface area contributed by atoms with Crippen LogP contribution in [0.25, 0.3) is 0 Å². The van der Waals surface area contributed by atoms with Crippen LogP contribution in [0.2, 0.25) is 10.0 Å². The van der Waals surface area contributed by atoms with Gasteiger partial charge in [-0.1, -0.05) is 47.5 Å². The summed E-state index contributed by atoms with van der Waals surface area (Å²) in [5.74, 6) is 0.375. The van der Waals surface area contributed by atoms with Crippen LogP contribution in [0.15, 0.2) is 41.5 Å². The molecule has 0 atom stereocenters. The highest BCUT2D eigenvalue weighted by Crippen LogP contribution is 2.22. The van der Waals surface area contributed by atoms with Crippen molar-refractivity contribution in [3.05, 3.63) is 63.1 Å². The number of carbonyl (C=O) groups is 1. The topological polar surface area (TPSA) is 50.7 Å². The highest BCUT2D eigenvalue weighted by molar-refractivity contribution is 6.42. The number of aryl methyl sites for hydroxylation is 2. The van der Waals surface area contributed by atoms with E-state index in [-0.39, 0.29) is 12.5 Å². The zero-order valence-electron chi connectivity index (χ0n) is 12.8. The SMILES string of the molecule is Cc1cccc(C)c1OCC(=O)N/N=C\c1ccc(Cl)c(Cl)c1. The fourth-order valence-corrected chi connectivity index (χ4v) is 2.27. The molecular formula is C17H16Cl2N2O2. The Morgan fingerprint density at radius 2 is 1.87 bits per heavy atom. The predicted molar refractivity (Wildman–Crippen MR) is 93.6 cm³/mol. The van der Waals surface area contributed by atoms with Gasteiger partial charge in [0, 0.05) is 0 Å². The Hall–Kier alpha value is -2.04. The third-order valence-corrected chi connectivity index (χ3v) is 3.84. The van der Waals surface area contributed by atoms with Crippen molar-refractivity contribution in [2.24, 2.45) is 5.10 Å². The maximum Gasteiger partial charge on any atom is 0.277 e. The smallest absolute Gasteiger partial charge is 0.277 e. The van der Waals surface area contributed by atoms with Crippen molar-refractivity contribution in [3.8, 4) is 5.75 Å². The lowest BCUT2D eigenvalue weighted by atomic mass is 10.1. The molecule has 1 amide bonds. The Kier molecular flexibility index (Phi) is 6.02. The number of amides is 1. The van der Waals surface area contributed by atoms with Crippen LogP contribution in [0, 0.1) is 13.8 Å². The maximum atomic E-state index is 11.8. The lowest BCUT2D eigenvalue weighted by Crippen LogP contribution is -2.25. The normalized spacial score (nSPS) is 10.8. The molecule has 0 bridgehead atoms. The van der Waals surface area contributed by atoms with E-state index in [1.807, 2.05) is 32.0 Å². The first-order valence-electron chi connectivity index (χ1n) is 6.93. The fraction of sp³-hybridized carbons (Fsp3) is 0.176. The van der Waals surface area contributed by atoms with Gasteiger partial charge in [0.05, 0.1) is 16.3 Å². The van der Waals surface area contributed by atoms with Gasteiger partial charge in [0.1, 0.15) is 5.75 Å². The molecule has 2 aromatic rings. The molecule has 0 unspecified atom stereocenters. The zero-order chi connectivity index (χ0) is 16.8. The summed E-state index contributed by atoms with van der Waals surface area (Å²) in [7, 11) is 0. The largest absolute Gasteiger partial charge is 0.483 e. The molecule has 0 aromatic heterocycles. The molecule has 0 aliphatic rings. The van der Waals surface area contributed by atoms with E-state index in [1.165, 1.54) is 6.21 Å². The number of hydrogen-bond donors (Lipinski definition) is 1. The molecule has 120 valence electrons. The van der Waals surface area contributed by atoms with E-state index < -0.39 is 0 Å². The highest BCUT2D eigenvalue weighted by atomic mass is 35.5. The Bertz CT molecular complexity index is 725. The molecule has 23 heavy (non-hydrogen) atoms. The molecular weight excluding hydrogens is 335 g/mol. The molecule has 1 N–H and O–H groups in total. The minimum atomic E-state index is -0.344. The molecule has 0 radical (unpaired) electrons. The van der Waals surface area contributed by atoms with Crippen LogP contribution in [0.1, 0.15) is 16.7 Å². The van der Waals surface area contributed by atoms with Crippen LogP contribution in [0.5, 0.6) is 5.75 Å². The zero-order valence-corrected chi connectivity index (χ0v) is 14.3. The van der Waals surface area contributed by atoms with Gasteiger partial charge in [0.2, 0.25) is 0 Å². The number of halogens is 2. The first-order valence-corrected chi connectivity index (χ1v) is 7.69. The van der Waals surface area contributed by atoms with Gasteiger partial charge in [-0.25, -0.2) is 5.43 Å². The minimum Gasteiger partial charge on any atom is -0.483 e. The van der Waals surface area contributed by atoms with Gasteiger partial charge in [-0.2, -0.15) is 5.10 Å². The lowest BCUT2D eigenvalue weighted by molar-refractivity contribution is -0.123. The third kappa shape index (κ3) is 4.98. The summed E-state index contributed by atoms with van der Waals surface area (Å²) >= 11 is 11.7. The fourth-order valence-electron chi connectivity index (χ4n) is 1.97. The van der Waals surface area contributed by atoms with Crippen LogP contribution in [-0.4, -0.2) is 18.7 Å². The van der Waals surface area contributed by atoms with E-state index in [2.05, 4.69) is 10.5 Å². The van der Waals surface area contributed by atoms with E-state index in [1.54, 1.807) is 18.2 Å². The quantitative estimate of drug-likeness (QED) is 0.650. The third-order valence-electron chi connectivity index (χ3n) is 3.10. The highest BCUT2D eigenvalue weighted by Gasteiger charge is 2.06. The Labute approximate surface area is 145 Å². The van der Waals surface area contributed by atoms with Crippen LogP contribution < -0.4 is 10.2 Å². The number of carbonyl (C=O) groups excluding carboxylic acids is 1. The molecule has 6 heteroatoms. The van der Waals surface area contributed by atoms with Gasteiger partial charge in [-0.15, -0.1) is 0 Å². The molecule has 4 nitrogen and oxygen atoms in total. The number of ether oxygens (including phenoxy) is 1. The number of nitrogens with one attached hydrogen (secondary N) is 1. The Morgan fingerprint density at radius 1 is 1.17 bits per heavy atom. The number of nitrogens with zero attached hydrogens (tertiary/aromatic N) is 1. The average Bonchev–Trinajstić information content (AvgIpc) is 2.50. The monoisotopic (exact) mass is 350 g/mol. The van der Waals surface area contributed by atoms with Crippen molar-refractivity contribution in [3.63, 3.8) is 0 Å². The molecule has 0 fully saturated rings. The standard InChI is InChI=1S/C17H16Cl2N2O2/c1-11-4-3-5-12(2)17(11)23-10-16(22)21-20-9-13-6-7-14(18)15(19)8-13/h3-9H,10H2,1-2H3,(H,21,22)/b20-9-. The molecule has 2 rings (SSSR count). The van der Waals surface area contributed by atoms with Crippen LogP contribution in [-0.2, 0) is 4.79 Å². The van der Waals surface area contributed by atoms with Crippen molar-refractivity contribution in [1.29, 1.82) is 0 Å². The van der Waals surface area contributed by atoms with Crippen LogP contribution in [0.3, 0.4) is 0 Å². The summed E-state index contributed by atoms with van der Waals surface area (Å²) in [6, 6.07) is 10.9. The van der Waals surface area contributed by atoms with Crippen molar-refractivity contribution < 1.29 is 9.53 Å². The molecule has 0 aliphatic carbocycles. The molecule has 0 spiro atoms. The minimum absolute atomic E-state index is 0.107. The van der Waals surface area contributed by atoms with Gasteiger partial charge >= 0.3 is 0 Å². The summed E-state index contributed by atoms with van der Waals surface area (Å²) in [5, 5.41) is 4.76. The number of hydrogen-bond acceptors (Lipinski definition) is 3. The number of rotatable bonds is 5. The van der Waals surface area contributed by atoms with Crippen molar-refractivity contribution >= 4 is 35.3 Å². The van der Waals surface area contributed by atoms with Crippen LogP contribution in [0.4, 0.5) is 0 Å². The second-order valence-electron chi connectivity index (χ2n) is 4.98. The molecule has 0 aliphatic heterocycles. The summed E-state index contributed by atoms with van der Waals surface area (Å²) in [4.78, 5) is 11.8. The van der Waals surface area contributed by atoms with Gasteiger partial charge in [-0.05, 0) is 42.7 Å². The van der Waals surface area contributed by atoms with Gasteiger partial charge in [0.25, 0.3) is 5.91 Å². The van der Waals surface area contributed by atoms with E-state index in [4.69, 9.17) is 27.9 Å². The lowest BCUT2D eigenvalue weighted by Gasteiger charge is -2.10. The summed E-state index contributed by atoms with van der Waals surface area (Å²) < 4.78 is 5.54. The number of benzene rings is 2. The molecule has 0 heterocycles. The van der Waals surface area contributed by atoms with Crippen molar-refractivity contribution in [1.82, 2.24) is 5.43 Å². The summed E-state index contributed by atoms with van der Waals surface area (Å²) in [5.41, 5.74) is 5.10. The van der Waals surface area contributed by atoms with E-state index in [9.17, 15) is 4.79 Å². The second-order valence-corrected chi connectivity index (χ2v) is 5.79. The number of para-hydroxylation sites is 1. The predicted octanol–water partition coefficient (Wildman–Crippen LogP) is 4.14. The number of hydrazone groups is 1. The summed E-state index contributed by atoms with van der Waals surface area (Å²) in [6.07, 6.45) is 1.49. The van der Waals surface area contributed by atoms with Gasteiger partial charge in [-0.3, -0.25) is 4.79 Å². The first-order chi connectivity index (χ1) is 11.0. The second kappa shape index (κ2) is 7.99. The van der Waals surface area contributed by atoms with Crippen molar-refractivity contribution in [2.45, 2.75) is 13.8 Å². The maximum absolute atomic E-state index is 11.8. The van der Waals surface area contributed by atoms with E-state index in [0.29, 0.717) is 10.0 Å². The van der Waals surface area contributed by atoms with Gasteiger partial charge in [0.15, 0.2) is 6.61 Å². The van der Waals surface area contributed by atoms with Crippen LogP contribution >= 0.6 is 23.2 Å². The molecule has 0 saturated heterocycles. The summed E-state index contributed by atoms with van der Waals surface area (Å²) in [6.45, 7) is 3.76. The molecule has 0 saturated carbocycles. The van der Waals surface area contributed by atoms with Gasteiger partial charge < -0.3 is 4.74 Å². The van der Waals surface area contributed by atoms with E-state index in [0.717, 1.165) is 22.4 Å². The van der Waals surface area contributed by atoms with E-state index >= 15 is 0 Å². The van der Waals surface area contributed by atoms with Crippen molar-refractivity contribution in [2.75, 3.05) is 6.61 Å². The molecule has 2 aromatic carbocycles. The Balaban J connectivity index is 1.87.